The van der Waals surface area contributed by atoms with Gasteiger partial charge in [0.2, 0.25) is 11.8 Å². The third-order valence-corrected chi connectivity index (χ3v) is 8.26. The largest absolute Gasteiger partial charge is 0.507 e. The lowest BCUT2D eigenvalue weighted by Crippen LogP contribution is -2.46. The van der Waals surface area contributed by atoms with E-state index >= 15 is 0 Å². The van der Waals surface area contributed by atoms with E-state index in [9.17, 15) is 19.7 Å². The Hall–Kier alpha value is -2.38. The van der Waals surface area contributed by atoms with Gasteiger partial charge in [-0.1, -0.05) is 43.9 Å². The Morgan fingerprint density at radius 2 is 1.81 bits per heavy atom. The zero-order valence-corrected chi connectivity index (χ0v) is 22.3. The number of aryl methyl sites for hydroxylation is 2. The summed E-state index contributed by atoms with van der Waals surface area (Å²) in [5, 5.41) is 20.8. The number of hydrogen-bond donors (Lipinski definition) is 2. The van der Waals surface area contributed by atoms with Crippen LogP contribution in [0.5, 0.6) is 5.75 Å². The lowest BCUT2D eigenvalue weighted by Gasteiger charge is -2.43. The highest BCUT2D eigenvalue weighted by atomic mass is 16.5. The molecule has 3 aliphatic rings. The smallest absolute Gasteiger partial charge is 0.455 e. The quantitative estimate of drug-likeness (QED) is 0.295. The lowest BCUT2D eigenvalue weighted by atomic mass is 9.58. The molecule has 1 aliphatic carbocycles. The molecule has 4 rings (SSSR count). The van der Waals surface area contributed by atoms with Crippen LogP contribution in [0, 0.1) is 31.6 Å². The molecule has 0 bridgehead atoms. The van der Waals surface area contributed by atoms with Gasteiger partial charge in [-0.05, 0) is 92.6 Å². The summed E-state index contributed by atoms with van der Waals surface area (Å²) in [5.74, 6) is -0.672. The molecule has 0 unspecified atom stereocenters. The fraction of sp³-hybridized carbons (Fsp3) is 0.586. The SMILES string of the molecule is CCCC1=C2[C@@H](CC/C(=C/c3cc(C)c(O)c(C)c3)CCC)OB(O)C[C@@H]2[C@@H]2C(=O)N(C)C(=O)[C@@H]2C1. The van der Waals surface area contributed by atoms with Crippen LogP contribution in [0.15, 0.2) is 28.9 Å². The normalized spacial score (nSPS) is 26.6. The maximum absolute atomic E-state index is 13.0. The van der Waals surface area contributed by atoms with Crippen molar-refractivity contribution in [2.75, 3.05) is 7.05 Å². The number of phenols is 1. The second-order valence-corrected chi connectivity index (χ2v) is 10.9. The number of imide groups is 1. The maximum atomic E-state index is 13.0. The summed E-state index contributed by atoms with van der Waals surface area (Å²) in [5.41, 5.74) is 6.55. The van der Waals surface area contributed by atoms with Crippen LogP contribution < -0.4 is 0 Å². The number of aromatic hydroxyl groups is 1. The summed E-state index contributed by atoms with van der Waals surface area (Å²) in [6, 6.07) is 4.02. The Morgan fingerprint density at radius 1 is 1.11 bits per heavy atom. The van der Waals surface area contributed by atoms with Gasteiger partial charge < -0.3 is 14.8 Å². The van der Waals surface area contributed by atoms with E-state index in [4.69, 9.17) is 4.65 Å². The van der Waals surface area contributed by atoms with Crippen LogP contribution in [0.25, 0.3) is 6.08 Å². The molecule has 2 N–H and O–H groups in total. The number of allylic oxidation sites excluding steroid dienone is 2. The third-order valence-electron chi connectivity index (χ3n) is 8.26. The van der Waals surface area contributed by atoms with Gasteiger partial charge in [0.25, 0.3) is 0 Å². The van der Waals surface area contributed by atoms with Crippen molar-refractivity contribution in [3.05, 3.63) is 45.5 Å². The first-order valence-corrected chi connectivity index (χ1v) is 13.5. The van der Waals surface area contributed by atoms with Gasteiger partial charge in [0.15, 0.2) is 0 Å². The molecule has 1 aromatic rings. The van der Waals surface area contributed by atoms with Gasteiger partial charge in [-0.3, -0.25) is 14.5 Å². The predicted molar refractivity (Wildman–Crippen MR) is 142 cm³/mol. The van der Waals surface area contributed by atoms with Crippen LogP contribution in [0.4, 0.5) is 0 Å². The molecular formula is C29H40BNO5. The molecule has 2 amide bonds. The summed E-state index contributed by atoms with van der Waals surface area (Å²) in [6.45, 7) is 8.14. The molecule has 194 valence electrons. The van der Waals surface area contributed by atoms with E-state index in [-0.39, 0.29) is 35.7 Å². The van der Waals surface area contributed by atoms with Crippen LogP contribution in [0.2, 0.25) is 6.32 Å². The standard InChI is InChI=1S/C29H40BNO5/c1-6-8-19(14-20-12-17(3)27(32)18(4)13-20)10-11-24-25-21(9-7-2)15-22-26(23(25)16-30(35)36-24)29(34)31(5)28(22)33/h12-14,22-24,26,32,35H,6-11,15-16H2,1-5H3/b19-14+/t22-,23+,24-,26-/m1/s1. The molecule has 7 heteroatoms. The summed E-state index contributed by atoms with van der Waals surface area (Å²) in [6.07, 6.45) is 8.35. The molecule has 0 spiro atoms. The number of rotatable bonds is 8. The van der Waals surface area contributed by atoms with E-state index in [0.717, 1.165) is 55.2 Å². The molecule has 2 heterocycles. The topological polar surface area (TPSA) is 87.1 Å². The number of carbonyl (C=O) groups excluding carboxylic acids is 2. The number of phenolic OH excluding ortho intramolecular Hbond substituents is 1. The van der Waals surface area contributed by atoms with E-state index in [2.05, 4.69) is 19.9 Å². The number of nitrogens with zero attached hydrogens (tertiary/aromatic N) is 1. The minimum atomic E-state index is -0.930. The minimum Gasteiger partial charge on any atom is -0.507 e. The van der Waals surface area contributed by atoms with Crippen molar-refractivity contribution < 1.29 is 24.4 Å². The van der Waals surface area contributed by atoms with Gasteiger partial charge >= 0.3 is 7.12 Å². The van der Waals surface area contributed by atoms with Gasteiger partial charge in [0.1, 0.15) is 5.75 Å². The predicted octanol–water partition coefficient (Wildman–Crippen LogP) is 5.20. The molecule has 2 saturated heterocycles. The van der Waals surface area contributed by atoms with Crippen LogP contribution in [-0.4, -0.2) is 47.1 Å². The summed E-state index contributed by atoms with van der Waals surface area (Å²) < 4.78 is 6.13. The van der Waals surface area contributed by atoms with Gasteiger partial charge in [0.05, 0.1) is 17.9 Å². The van der Waals surface area contributed by atoms with E-state index < -0.39 is 7.12 Å². The Labute approximate surface area is 215 Å². The second-order valence-electron chi connectivity index (χ2n) is 10.9. The first-order chi connectivity index (χ1) is 17.2. The van der Waals surface area contributed by atoms with Crippen LogP contribution in [0.1, 0.15) is 75.5 Å². The van der Waals surface area contributed by atoms with Crippen molar-refractivity contribution in [3.63, 3.8) is 0 Å². The maximum Gasteiger partial charge on any atom is 0.455 e. The lowest BCUT2D eigenvalue weighted by molar-refractivity contribution is -0.138. The van der Waals surface area contributed by atoms with Gasteiger partial charge in [-0.2, -0.15) is 0 Å². The van der Waals surface area contributed by atoms with Crippen LogP contribution in [0.3, 0.4) is 0 Å². The van der Waals surface area contributed by atoms with Crippen molar-refractivity contribution in [2.45, 2.75) is 85.1 Å². The Balaban J connectivity index is 1.63. The number of carbonyl (C=O) groups is 2. The fourth-order valence-corrected chi connectivity index (χ4v) is 6.68. The number of benzene rings is 1. The third kappa shape index (κ3) is 5.05. The van der Waals surface area contributed by atoms with E-state index in [1.807, 2.05) is 26.0 Å². The molecule has 6 nitrogen and oxygen atoms in total. The van der Waals surface area contributed by atoms with Crippen molar-refractivity contribution in [3.8, 4) is 5.75 Å². The van der Waals surface area contributed by atoms with Gasteiger partial charge in [-0.15, -0.1) is 0 Å². The Morgan fingerprint density at radius 3 is 2.44 bits per heavy atom. The van der Waals surface area contributed by atoms with Gasteiger partial charge in [0, 0.05) is 7.05 Å². The fourth-order valence-electron chi connectivity index (χ4n) is 6.68. The average Bonchev–Trinajstić information content (AvgIpc) is 3.04. The number of likely N-dealkylation sites (tertiary alicyclic amines) is 1. The molecule has 0 radical (unpaired) electrons. The molecule has 0 aromatic heterocycles. The zero-order chi connectivity index (χ0) is 26.1. The first kappa shape index (κ1) is 26.7. The average molecular weight is 493 g/mol. The zero-order valence-electron chi connectivity index (χ0n) is 22.3. The summed E-state index contributed by atoms with van der Waals surface area (Å²) in [4.78, 5) is 27.2. The van der Waals surface area contributed by atoms with Gasteiger partial charge in [-0.25, -0.2) is 0 Å². The molecule has 2 aliphatic heterocycles. The minimum absolute atomic E-state index is 0.0807. The highest BCUT2D eigenvalue weighted by Gasteiger charge is 2.56. The van der Waals surface area contributed by atoms with Crippen molar-refractivity contribution in [1.82, 2.24) is 4.90 Å². The van der Waals surface area contributed by atoms with E-state index in [1.54, 1.807) is 7.05 Å². The van der Waals surface area contributed by atoms with Crippen molar-refractivity contribution in [1.29, 1.82) is 0 Å². The van der Waals surface area contributed by atoms with Crippen molar-refractivity contribution in [2.24, 2.45) is 17.8 Å². The number of hydrogen-bond acceptors (Lipinski definition) is 5. The summed E-state index contributed by atoms with van der Waals surface area (Å²) >= 11 is 0. The first-order valence-electron chi connectivity index (χ1n) is 13.5. The monoisotopic (exact) mass is 493 g/mol. The van der Waals surface area contributed by atoms with Crippen LogP contribution in [-0.2, 0) is 14.2 Å². The molecule has 0 saturated carbocycles. The van der Waals surface area contributed by atoms with Crippen LogP contribution >= 0.6 is 0 Å². The highest BCUT2D eigenvalue weighted by Crippen LogP contribution is 2.51. The highest BCUT2D eigenvalue weighted by molar-refractivity contribution is 6.43. The molecule has 1 aromatic carbocycles. The van der Waals surface area contributed by atoms with E-state index in [0.29, 0.717) is 18.5 Å². The number of fused-ring (bicyclic) bond motifs is 3. The second kappa shape index (κ2) is 10.9. The Kier molecular flexibility index (Phi) is 8.10. The summed E-state index contributed by atoms with van der Waals surface area (Å²) in [7, 11) is 0.657. The molecule has 4 atom stereocenters. The molecule has 36 heavy (non-hydrogen) atoms. The van der Waals surface area contributed by atoms with E-state index in [1.165, 1.54) is 21.6 Å². The molecule has 2 fully saturated rings. The molecular weight excluding hydrogens is 453 g/mol. The Bertz CT molecular complexity index is 1070. The van der Waals surface area contributed by atoms with Crippen molar-refractivity contribution >= 4 is 25.0 Å². The number of amides is 2.